The molecule has 0 unspecified atom stereocenters. The zero-order valence-electron chi connectivity index (χ0n) is 11.7. The molecule has 106 valence electrons. The van der Waals surface area contributed by atoms with Gasteiger partial charge in [0.1, 0.15) is 12.4 Å². The third-order valence-electron chi connectivity index (χ3n) is 2.83. The van der Waals surface area contributed by atoms with E-state index in [0.717, 1.165) is 5.57 Å². The molecule has 5 nitrogen and oxygen atoms in total. The van der Waals surface area contributed by atoms with E-state index in [1.54, 1.807) is 6.07 Å². The second kappa shape index (κ2) is 5.69. The smallest absolute Gasteiger partial charge is 0.294 e. The molecule has 0 amide bonds. The van der Waals surface area contributed by atoms with Crippen LogP contribution in [0.2, 0.25) is 0 Å². The lowest BCUT2D eigenvalue weighted by Gasteiger charge is -2.11. The summed E-state index contributed by atoms with van der Waals surface area (Å²) >= 11 is 0. The first-order valence-electron chi connectivity index (χ1n) is 6.22. The highest BCUT2D eigenvalue weighted by atomic mass is 16.5. The van der Waals surface area contributed by atoms with Gasteiger partial charge in [-0.15, -0.1) is 0 Å². The van der Waals surface area contributed by atoms with Crippen LogP contribution in [0.3, 0.4) is 0 Å². The van der Waals surface area contributed by atoms with Gasteiger partial charge < -0.3 is 19.6 Å². The minimum absolute atomic E-state index is 0.0772. The summed E-state index contributed by atoms with van der Waals surface area (Å²) in [7, 11) is 1.48. The molecule has 0 saturated heterocycles. The first-order chi connectivity index (χ1) is 9.52. The average molecular weight is 275 g/mol. The van der Waals surface area contributed by atoms with Crippen molar-refractivity contribution in [2.45, 2.75) is 13.8 Å². The van der Waals surface area contributed by atoms with Crippen LogP contribution in [-0.4, -0.2) is 23.8 Å². The SMILES string of the molecule is COc1c(OCC=C(C)C)c(=O)[nH]c2cc(O)ccc12. The molecule has 0 fully saturated rings. The maximum atomic E-state index is 12.0. The Morgan fingerprint density at radius 3 is 2.75 bits per heavy atom. The standard InChI is InChI=1S/C15H17NO4/c1-9(2)6-7-20-14-13(19-3)11-5-4-10(17)8-12(11)16-15(14)18/h4-6,8,17H,7H2,1-3H3,(H,16,18). The van der Waals surface area contributed by atoms with Crippen LogP contribution in [0, 0.1) is 0 Å². The Balaban J connectivity index is 2.54. The van der Waals surface area contributed by atoms with Crippen molar-refractivity contribution in [3.05, 3.63) is 40.2 Å². The van der Waals surface area contributed by atoms with Crippen molar-refractivity contribution in [1.82, 2.24) is 4.98 Å². The zero-order valence-corrected chi connectivity index (χ0v) is 11.7. The van der Waals surface area contributed by atoms with E-state index in [1.165, 1.54) is 19.2 Å². The van der Waals surface area contributed by atoms with Crippen molar-refractivity contribution >= 4 is 10.9 Å². The van der Waals surface area contributed by atoms with Gasteiger partial charge in [0.2, 0.25) is 5.75 Å². The number of phenols is 1. The van der Waals surface area contributed by atoms with Crippen LogP contribution in [0.4, 0.5) is 0 Å². The first kappa shape index (κ1) is 14.0. The minimum Gasteiger partial charge on any atom is -0.508 e. The molecule has 2 aromatic rings. The van der Waals surface area contributed by atoms with Crippen LogP contribution in [0.1, 0.15) is 13.8 Å². The predicted octanol–water partition coefficient (Wildman–Crippen LogP) is 2.59. The number of benzene rings is 1. The van der Waals surface area contributed by atoms with E-state index in [0.29, 0.717) is 23.3 Å². The maximum absolute atomic E-state index is 12.0. The van der Waals surface area contributed by atoms with E-state index in [1.807, 2.05) is 19.9 Å². The molecule has 0 saturated carbocycles. The van der Waals surface area contributed by atoms with Gasteiger partial charge in [0.15, 0.2) is 5.75 Å². The predicted molar refractivity (Wildman–Crippen MR) is 77.7 cm³/mol. The van der Waals surface area contributed by atoms with E-state index in [9.17, 15) is 9.90 Å². The number of hydrogen-bond acceptors (Lipinski definition) is 4. The lowest BCUT2D eigenvalue weighted by Crippen LogP contribution is -2.13. The Kier molecular flexibility index (Phi) is 3.98. The van der Waals surface area contributed by atoms with Crippen molar-refractivity contribution in [3.63, 3.8) is 0 Å². The Morgan fingerprint density at radius 1 is 1.35 bits per heavy atom. The van der Waals surface area contributed by atoms with Gasteiger partial charge >= 0.3 is 0 Å². The topological polar surface area (TPSA) is 71.5 Å². The van der Waals surface area contributed by atoms with E-state index in [-0.39, 0.29) is 17.1 Å². The molecule has 2 rings (SSSR count). The highest BCUT2D eigenvalue weighted by molar-refractivity contribution is 5.88. The third-order valence-corrected chi connectivity index (χ3v) is 2.83. The van der Waals surface area contributed by atoms with Crippen LogP contribution in [0.15, 0.2) is 34.6 Å². The second-order valence-electron chi connectivity index (χ2n) is 4.64. The highest BCUT2D eigenvalue weighted by Gasteiger charge is 2.14. The van der Waals surface area contributed by atoms with Gasteiger partial charge in [-0.25, -0.2) is 0 Å². The molecule has 5 heteroatoms. The molecule has 0 aliphatic carbocycles. The van der Waals surface area contributed by atoms with Gasteiger partial charge in [-0.05, 0) is 32.1 Å². The molecule has 0 radical (unpaired) electrons. The second-order valence-corrected chi connectivity index (χ2v) is 4.64. The molecule has 0 spiro atoms. The Bertz CT molecular complexity index is 712. The molecule has 0 bridgehead atoms. The van der Waals surface area contributed by atoms with Crippen molar-refractivity contribution in [1.29, 1.82) is 0 Å². The molecular formula is C15H17NO4. The van der Waals surface area contributed by atoms with E-state index >= 15 is 0 Å². The molecule has 1 aromatic carbocycles. The normalized spacial score (nSPS) is 10.3. The number of ether oxygens (including phenoxy) is 2. The number of aromatic nitrogens is 1. The summed E-state index contributed by atoms with van der Waals surface area (Å²) in [4.78, 5) is 14.7. The molecule has 0 aliphatic rings. The number of hydrogen-bond donors (Lipinski definition) is 2. The third kappa shape index (κ3) is 2.77. The lowest BCUT2D eigenvalue weighted by atomic mass is 10.2. The average Bonchev–Trinajstić information content (AvgIpc) is 2.38. The van der Waals surface area contributed by atoms with Crippen molar-refractivity contribution < 1.29 is 14.6 Å². The quantitative estimate of drug-likeness (QED) is 0.841. The zero-order chi connectivity index (χ0) is 14.7. The highest BCUT2D eigenvalue weighted by Crippen LogP contribution is 2.32. The summed E-state index contributed by atoms with van der Waals surface area (Å²) in [6, 6.07) is 4.68. The molecule has 2 N–H and O–H groups in total. The van der Waals surface area contributed by atoms with Crippen LogP contribution < -0.4 is 15.0 Å². The maximum Gasteiger partial charge on any atom is 0.294 e. The number of nitrogens with one attached hydrogen (secondary N) is 1. The van der Waals surface area contributed by atoms with Crippen LogP contribution in [0.5, 0.6) is 17.2 Å². The Labute approximate surface area is 116 Å². The largest absolute Gasteiger partial charge is 0.508 e. The van der Waals surface area contributed by atoms with Gasteiger partial charge in [-0.1, -0.05) is 5.57 Å². The fraction of sp³-hybridized carbons (Fsp3) is 0.267. The first-order valence-corrected chi connectivity index (χ1v) is 6.22. The summed E-state index contributed by atoms with van der Waals surface area (Å²) in [6.07, 6.45) is 1.87. The van der Waals surface area contributed by atoms with E-state index in [2.05, 4.69) is 4.98 Å². The molecule has 1 aromatic heterocycles. The van der Waals surface area contributed by atoms with E-state index in [4.69, 9.17) is 9.47 Å². The minimum atomic E-state index is -0.387. The summed E-state index contributed by atoms with van der Waals surface area (Å²) in [5, 5.41) is 10.1. The Morgan fingerprint density at radius 2 is 2.10 bits per heavy atom. The number of H-pyrrole nitrogens is 1. The number of methoxy groups -OCH3 is 1. The van der Waals surface area contributed by atoms with Crippen LogP contribution >= 0.6 is 0 Å². The molecular weight excluding hydrogens is 258 g/mol. The number of phenolic OH excluding ortho intramolecular Hbond substituents is 1. The molecule has 20 heavy (non-hydrogen) atoms. The molecule has 1 heterocycles. The molecule has 0 aliphatic heterocycles. The van der Waals surface area contributed by atoms with E-state index < -0.39 is 0 Å². The lowest BCUT2D eigenvalue weighted by molar-refractivity contribution is 0.323. The van der Waals surface area contributed by atoms with Gasteiger partial charge in [-0.2, -0.15) is 0 Å². The number of aromatic hydroxyl groups is 1. The van der Waals surface area contributed by atoms with Crippen molar-refractivity contribution in [2.75, 3.05) is 13.7 Å². The summed E-state index contributed by atoms with van der Waals surface area (Å²) in [5.74, 6) is 0.586. The monoisotopic (exact) mass is 275 g/mol. The number of pyridine rings is 1. The number of fused-ring (bicyclic) bond motifs is 1. The number of allylic oxidation sites excluding steroid dienone is 1. The van der Waals surface area contributed by atoms with Gasteiger partial charge in [0.05, 0.1) is 12.6 Å². The fourth-order valence-corrected chi connectivity index (χ4v) is 1.86. The van der Waals surface area contributed by atoms with Gasteiger partial charge in [0.25, 0.3) is 5.56 Å². The fourth-order valence-electron chi connectivity index (χ4n) is 1.86. The van der Waals surface area contributed by atoms with Crippen LogP contribution in [0.25, 0.3) is 10.9 Å². The van der Waals surface area contributed by atoms with Gasteiger partial charge in [0, 0.05) is 11.5 Å². The summed E-state index contributed by atoms with van der Waals surface area (Å²) < 4.78 is 10.8. The Hall–Kier alpha value is -2.43. The van der Waals surface area contributed by atoms with Gasteiger partial charge in [-0.3, -0.25) is 4.79 Å². The summed E-state index contributed by atoms with van der Waals surface area (Å²) in [6.45, 7) is 4.20. The number of rotatable bonds is 4. The van der Waals surface area contributed by atoms with Crippen molar-refractivity contribution in [2.24, 2.45) is 0 Å². The van der Waals surface area contributed by atoms with Crippen LogP contribution in [-0.2, 0) is 0 Å². The molecule has 0 atom stereocenters. The van der Waals surface area contributed by atoms with Crippen molar-refractivity contribution in [3.8, 4) is 17.2 Å². The number of aromatic amines is 1. The summed E-state index contributed by atoms with van der Waals surface area (Å²) in [5.41, 5.74) is 1.22.